The Morgan fingerprint density at radius 2 is 2.05 bits per heavy atom. The monoisotopic (exact) mass is 338 g/mol. The molecule has 2 aromatic carbocycles. The Hall–Kier alpha value is -1.88. The Balaban J connectivity index is 2.07. The normalized spacial score (nSPS) is 10.3. The molecule has 0 radical (unpaired) electrons. The van der Waals surface area contributed by atoms with E-state index in [1.807, 2.05) is 0 Å². The zero-order chi connectivity index (χ0) is 14.5. The molecule has 0 spiro atoms. The molecule has 0 aromatic heterocycles. The lowest BCUT2D eigenvalue weighted by Gasteiger charge is -2.08. The van der Waals surface area contributed by atoms with Gasteiger partial charge in [-0.2, -0.15) is 0 Å². The summed E-state index contributed by atoms with van der Waals surface area (Å²) in [5.74, 6) is -0.724. The molecule has 20 heavy (non-hydrogen) atoms. The fourth-order valence-corrected chi connectivity index (χ4v) is 2.14. The standard InChI is InChI=1S/C15H12BrFO3/c16-12-4-5-14(17)11(8-12)9-20-13-3-1-2-10(6-13)7-15(18)19/h1-6,8H,7,9H2,(H,18,19). The summed E-state index contributed by atoms with van der Waals surface area (Å²) in [5, 5.41) is 8.74. The predicted octanol–water partition coefficient (Wildman–Crippen LogP) is 3.79. The van der Waals surface area contributed by atoms with Crippen LogP contribution in [0.15, 0.2) is 46.9 Å². The van der Waals surface area contributed by atoms with Gasteiger partial charge in [-0.05, 0) is 35.9 Å². The van der Waals surface area contributed by atoms with Crippen LogP contribution in [-0.2, 0) is 17.8 Å². The topological polar surface area (TPSA) is 46.5 Å². The SMILES string of the molecule is O=C(O)Cc1cccc(OCc2cc(Br)ccc2F)c1. The molecule has 2 rings (SSSR count). The number of carboxylic acids is 1. The Morgan fingerprint density at radius 1 is 1.25 bits per heavy atom. The van der Waals surface area contributed by atoms with E-state index >= 15 is 0 Å². The van der Waals surface area contributed by atoms with Crippen molar-refractivity contribution in [3.8, 4) is 5.75 Å². The van der Waals surface area contributed by atoms with Crippen molar-refractivity contribution in [2.75, 3.05) is 0 Å². The second-order valence-corrected chi connectivity index (χ2v) is 5.16. The van der Waals surface area contributed by atoms with Crippen LogP contribution in [-0.4, -0.2) is 11.1 Å². The highest BCUT2D eigenvalue weighted by molar-refractivity contribution is 9.10. The van der Waals surface area contributed by atoms with Crippen LogP contribution < -0.4 is 4.74 Å². The fourth-order valence-electron chi connectivity index (χ4n) is 1.73. The Kier molecular flexibility index (Phi) is 4.74. The number of aliphatic carboxylic acids is 1. The van der Waals surface area contributed by atoms with E-state index in [2.05, 4.69) is 15.9 Å². The van der Waals surface area contributed by atoms with Gasteiger partial charge in [-0.15, -0.1) is 0 Å². The van der Waals surface area contributed by atoms with E-state index in [9.17, 15) is 9.18 Å². The molecule has 0 aliphatic rings. The third-order valence-electron chi connectivity index (χ3n) is 2.66. The van der Waals surface area contributed by atoms with E-state index < -0.39 is 5.97 Å². The van der Waals surface area contributed by atoms with Crippen molar-refractivity contribution in [1.29, 1.82) is 0 Å². The molecule has 5 heteroatoms. The maximum absolute atomic E-state index is 13.5. The first-order valence-electron chi connectivity index (χ1n) is 5.92. The summed E-state index contributed by atoms with van der Waals surface area (Å²) in [6.45, 7) is 0.0851. The van der Waals surface area contributed by atoms with Crippen molar-refractivity contribution in [2.24, 2.45) is 0 Å². The van der Waals surface area contributed by atoms with Crippen LogP contribution in [0.4, 0.5) is 4.39 Å². The van der Waals surface area contributed by atoms with E-state index in [4.69, 9.17) is 9.84 Å². The summed E-state index contributed by atoms with van der Waals surface area (Å²) < 4.78 is 19.8. The zero-order valence-electron chi connectivity index (χ0n) is 10.5. The van der Waals surface area contributed by atoms with Crippen LogP contribution in [0.3, 0.4) is 0 Å². The van der Waals surface area contributed by atoms with E-state index in [-0.39, 0.29) is 18.8 Å². The predicted molar refractivity (Wildman–Crippen MR) is 76.2 cm³/mol. The number of halogens is 2. The lowest BCUT2D eigenvalue weighted by Crippen LogP contribution is -2.02. The Labute approximate surface area is 124 Å². The van der Waals surface area contributed by atoms with Gasteiger partial charge in [-0.3, -0.25) is 4.79 Å². The highest BCUT2D eigenvalue weighted by Gasteiger charge is 2.05. The van der Waals surface area contributed by atoms with Crippen LogP contribution in [0.25, 0.3) is 0 Å². The number of hydrogen-bond donors (Lipinski definition) is 1. The van der Waals surface area contributed by atoms with Crippen molar-refractivity contribution >= 4 is 21.9 Å². The summed E-state index contributed by atoms with van der Waals surface area (Å²) in [5.41, 5.74) is 1.08. The number of carboxylic acid groups (broad SMARTS) is 1. The molecule has 0 aliphatic carbocycles. The maximum Gasteiger partial charge on any atom is 0.307 e. The van der Waals surface area contributed by atoms with Crippen molar-refractivity contribution in [1.82, 2.24) is 0 Å². The molecule has 3 nitrogen and oxygen atoms in total. The molecule has 0 fully saturated rings. The molecule has 0 bridgehead atoms. The second-order valence-electron chi connectivity index (χ2n) is 4.24. The maximum atomic E-state index is 13.5. The average Bonchev–Trinajstić information content (AvgIpc) is 2.39. The summed E-state index contributed by atoms with van der Waals surface area (Å²) in [4.78, 5) is 10.6. The first kappa shape index (κ1) is 14.5. The number of hydrogen-bond acceptors (Lipinski definition) is 2. The number of rotatable bonds is 5. The average molecular weight is 339 g/mol. The van der Waals surface area contributed by atoms with Crippen molar-refractivity contribution in [3.63, 3.8) is 0 Å². The van der Waals surface area contributed by atoms with Crippen LogP contribution >= 0.6 is 15.9 Å². The molecule has 1 N–H and O–H groups in total. The minimum Gasteiger partial charge on any atom is -0.489 e. The minimum absolute atomic E-state index is 0.0670. The smallest absolute Gasteiger partial charge is 0.307 e. The van der Waals surface area contributed by atoms with Gasteiger partial charge < -0.3 is 9.84 Å². The third kappa shape index (κ3) is 4.06. The molecule has 2 aromatic rings. The van der Waals surface area contributed by atoms with E-state index in [0.717, 1.165) is 4.47 Å². The van der Waals surface area contributed by atoms with Gasteiger partial charge in [0.25, 0.3) is 0 Å². The van der Waals surface area contributed by atoms with Gasteiger partial charge in [0.05, 0.1) is 6.42 Å². The van der Waals surface area contributed by atoms with Crippen LogP contribution in [0.5, 0.6) is 5.75 Å². The summed E-state index contributed by atoms with van der Waals surface area (Å²) >= 11 is 3.27. The van der Waals surface area contributed by atoms with E-state index in [1.165, 1.54) is 6.07 Å². The molecular formula is C15H12BrFO3. The number of ether oxygens (including phenoxy) is 1. The molecule has 0 heterocycles. The van der Waals surface area contributed by atoms with Crippen molar-refractivity contribution in [3.05, 3.63) is 63.9 Å². The van der Waals surface area contributed by atoms with Crippen molar-refractivity contribution < 1.29 is 19.0 Å². The first-order valence-corrected chi connectivity index (χ1v) is 6.71. The minimum atomic E-state index is -0.903. The third-order valence-corrected chi connectivity index (χ3v) is 3.15. The highest BCUT2D eigenvalue weighted by Crippen LogP contribution is 2.19. The van der Waals surface area contributed by atoms with E-state index in [1.54, 1.807) is 36.4 Å². The van der Waals surface area contributed by atoms with Gasteiger partial charge in [0.2, 0.25) is 0 Å². The van der Waals surface area contributed by atoms with Crippen LogP contribution in [0.1, 0.15) is 11.1 Å². The zero-order valence-corrected chi connectivity index (χ0v) is 12.1. The number of benzene rings is 2. The van der Waals surface area contributed by atoms with Crippen LogP contribution in [0.2, 0.25) is 0 Å². The van der Waals surface area contributed by atoms with Gasteiger partial charge in [0, 0.05) is 10.0 Å². The molecule has 104 valence electrons. The fraction of sp³-hybridized carbons (Fsp3) is 0.133. The molecule has 0 saturated heterocycles. The Bertz CT molecular complexity index is 628. The van der Waals surface area contributed by atoms with Gasteiger partial charge in [0.1, 0.15) is 18.2 Å². The first-order chi connectivity index (χ1) is 9.54. The van der Waals surface area contributed by atoms with Gasteiger partial charge in [-0.1, -0.05) is 28.1 Å². The van der Waals surface area contributed by atoms with Crippen molar-refractivity contribution in [2.45, 2.75) is 13.0 Å². The molecule has 0 atom stereocenters. The molecule has 0 unspecified atom stereocenters. The molecule has 0 saturated carbocycles. The van der Waals surface area contributed by atoms with Crippen LogP contribution in [0, 0.1) is 5.82 Å². The highest BCUT2D eigenvalue weighted by atomic mass is 79.9. The summed E-state index contributed by atoms with van der Waals surface area (Å²) in [6.07, 6.45) is -0.0670. The lowest BCUT2D eigenvalue weighted by atomic mass is 10.1. The summed E-state index contributed by atoms with van der Waals surface area (Å²) in [7, 11) is 0. The summed E-state index contributed by atoms with van der Waals surface area (Å²) in [6, 6.07) is 11.4. The lowest BCUT2D eigenvalue weighted by molar-refractivity contribution is -0.136. The van der Waals surface area contributed by atoms with E-state index in [0.29, 0.717) is 16.9 Å². The van der Waals surface area contributed by atoms with Gasteiger partial charge in [-0.25, -0.2) is 4.39 Å². The Morgan fingerprint density at radius 3 is 2.80 bits per heavy atom. The molecule has 0 amide bonds. The van der Waals surface area contributed by atoms with Gasteiger partial charge >= 0.3 is 5.97 Å². The molecule has 0 aliphatic heterocycles. The number of carbonyl (C=O) groups is 1. The largest absolute Gasteiger partial charge is 0.489 e. The molecular weight excluding hydrogens is 327 g/mol. The van der Waals surface area contributed by atoms with Gasteiger partial charge in [0.15, 0.2) is 0 Å². The quantitative estimate of drug-likeness (QED) is 0.901. The second kappa shape index (κ2) is 6.52.